The fourth-order valence-corrected chi connectivity index (χ4v) is 2.95. The Morgan fingerprint density at radius 2 is 2.16 bits per heavy atom. The SMILES string of the molecule is CN(C)CC1CCCN1CCC(NC1CC1)C(N)=O. The highest BCUT2D eigenvalue weighted by Gasteiger charge is 2.29. The maximum Gasteiger partial charge on any atom is 0.234 e. The molecule has 0 spiro atoms. The van der Waals surface area contributed by atoms with Crippen molar-refractivity contribution in [3.63, 3.8) is 0 Å². The van der Waals surface area contributed by atoms with Gasteiger partial charge in [0.25, 0.3) is 0 Å². The molecule has 2 fully saturated rings. The summed E-state index contributed by atoms with van der Waals surface area (Å²) in [6.07, 6.45) is 5.77. The molecule has 5 heteroatoms. The number of carbonyl (C=O) groups excluding carboxylic acids is 1. The van der Waals surface area contributed by atoms with Crippen LogP contribution in [0.25, 0.3) is 0 Å². The summed E-state index contributed by atoms with van der Waals surface area (Å²) in [4.78, 5) is 16.2. The van der Waals surface area contributed by atoms with Crippen LogP contribution in [-0.2, 0) is 4.79 Å². The van der Waals surface area contributed by atoms with Gasteiger partial charge in [-0.25, -0.2) is 0 Å². The minimum Gasteiger partial charge on any atom is -0.368 e. The van der Waals surface area contributed by atoms with Gasteiger partial charge in [0.05, 0.1) is 6.04 Å². The second kappa shape index (κ2) is 6.68. The van der Waals surface area contributed by atoms with Gasteiger partial charge >= 0.3 is 0 Å². The van der Waals surface area contributed by atoms with Crippen LogP contribution in [-0.4, -0.2) is 67.6 Å². The van der Waals surface area contributed by atoms with Crippen LogP contribution in [0.15, 0.2) is 0 Å². The Hall–Kier alpha value is -0.650. The highest BCUT2D eigenvalue weighted by atomic mass is 16.1. The molecule has 2 rings (SSSR count). The molecule has 0 radical (unpaired) electrons. The summed E-state index contributed by atoms with van der Waals surface area (Å²) in [7, 11) is 4.24. The molecule has 1 aliphatic heterocycles. The third-order valence-corrected chi connectivity index (χ3v) is 4.14. The summed E-state index contributed by atoms with van der Waals surface area (Å²) in [5.74, 6) is -0.199. The highest BCUT2D eigenvalue weighted by Crippen LogP contribution is 2.21. The van der Waals surface area contributed by atoms with Crippen molar-refractivity contribution >= 4 is 5.91 Å². The molecule has 0 aromatic rings. The Morgan fingerprint density at radius 3 is 2.74 bits per heavy atom. The van der Waals surface area contributed by atoms with Crippen molar-refractivity contribution in [2.24, 2.45) is 5.73 Å². The van der Waals surface area contributed by atoms with Gasteiger partial charge in [-0.15, -0.1) is 0 Å². The quantitative estimate of drug-likeness (QED) is 0.651. The number of nitrogens with two attached hydrogens (primary N) is 1. The van der Waals surface area contributed by atoms with Gasteiger partial charge in [-0.05, 0) is 52.7 Å². The minimum atomic E-state index is -0.199. The van der Waals surface area contributed by atoms with E-state index >= 15 is 0 Å². The topological polar surface area (TPSA) is 61.6 Å². The summed E-state index contributed by atoms with van der Waals surface area (Å²) in [5, 5.41) is 3.36. The van der Waals surface area contributed by atoms with Crippen LogP contribution in [0, 0.1) is 0 Å². The van der Waals surface area contributed by atoms with E-state index in [9.17, 15) is 4.79 Å². The average molecular weight is 268 g/mol. The zero-order chi connectivity index (χ0) is 13.8. The Kier molecular flexibility index (Phi) is 5.19. The molecule has 0 aromatic carbocycles. The number of hydrogen-bond donors (Lipinski definition) is 2. The van der Waals surface area contributed by atoms with Crippen molar-refractivity contribution in [2.45, 2.75) is 50.2 Å². The first kappa shape index (κ1) is 14.8. The van der Waals surface area contributed by atoms with Crippen molar-refractivity contribution in [3.05, 3.63) is 0 Å². The Morgan fingerprint density at radius 1 is 1.42 bits per heavy atom. The van der Waals surface area contributed by atoms with Crippen molar-refractivity contribution in [1.29, 1.82) is 0 Å². The van der Waals surface area contributed by atoms with Crippen molar-refractivity contribution in [3.8, 4) is 0 Å². The third kappa shape index (κ3) is 4.75. The fourth-order valence-electron chi connectivity index (χ4n) is 2.95. The second-order valence-corrected chi connectivity index (χ2v) is 6.28. The molecule has 2 unspecified atom stereocenters. The number of likely N-dealkylation sites (tertiary alicyclic amines) is 1. The fraction of sp³-hybridized carbons (Fsp3) is 0.929. The molecule has 5 nitrogen and oxygen atoms in total. The van der Waals surface area contributed by atoms with Crippen LogP contribution < -0.4 is 11.1 Å². The van der Waals surface area contributed by atoms with Crippen LogP contribution in [0.4, 0.5) is 0 Å². The van der Waals surface area contributed by atoms with Crippen molar-refractivity contribution in [1.82, 2.24) is 15.1 Å². The van der Waals surface area contributed by atoms with Crippen molar-refractivity contribution < 1.29 is 4.79 Å². The maximum atomic E-state index is 11.5. The van der Waals surface area contributed by atoms with Crippen LogP contribution >= 0.6 is 0 Å². The zero-order valence-corrected chi connectivity index (χ0v) is 12.3. The lowest BCUT2D eigenvalue weighted by molar-refractivity contribution is -0.120. The number of nitrogens with one attached hydrogen (secondary N) is 1. The molecule has 0 bridgehead atoms. The minimum absolute atomic E-state index is 0.145. The predicted octanol–water partition coefficient (Wildman–Crippen LogP) is 0.00840. The van der Waals surface area contributed by atoms with E-state index in [1.54, 1.807) is 0 Å². The van der Waals surface area contributed by atoms with E-state index in [4.69, 9.17) is 5.73 Å². The number of amides is 1. The van der Waals surface area contributed by atoms with Gasteiger partial charge in [-0.2, -0.15) is 0 Å². The van der Waals surface area contributed by atoms with E-state index in [2.05, 4.69) is 29.2 Å². The monoisotopic (exact) mass is 268 g/mol. The molecule has 1 saturated heterocycles. The lowest BCUT2D eigenvalue weighted by Crippen LogP contribution is -2.46. The van der Waals surface area contributed by atoms with Crippen LogP contribution in [0.2, 0.25) is 0 Å². The Bertz CT molecular complexity index is 304. The summed E-state index contributed by atoms with van der Waals surface area (Å²) in [5.41, 5.74) is 5.48. The van der Waals surface area contributed by atoms with Gasteiger partial charge in [-0.1, -0.05) is 0 Å². The van der Waals surface area contributed by atoms with E-state index in [1.165, 1.54) is 25.7 Å². The van der Waals surface area contributed by atoms with E-state index in [0.29, 0.717) is 12.1 Å². The van der Waals surface area contributed by atoms with Crippen molar-refractivity contribution in [2.75, 3.05) is 33.7 Å². The van der Waals surface area contributed by atoms with Gasteiger partial charge in [0.2, 0.25) is 5.91 Å². The predicted molar refractivity (Wildman–Crippen MR) is 76.9 cm³/mol. The number of hydrogen-bond acceptors (Lipinski definition) is 4. The zero-order valence-electron chi connectivity index (χ0n) is 12.3. The van der Waals surface area contributed by atoms with E-state index in [-0.39, 0.29) is 11.9 Å². The molecule has 3 N–H and O–H groups in total. The van der Waals surface area contributed by atoms with Crippen LogP contribution in [0.3, 0.4) is 0 Å². The smallest absolute Gasteiger partial charge is 0.234 e. The molecule has 1 amide bonds. The number of rotatable bonds is 8. The number of likely N-dealkylation sites (N-methyl/N-ethyl adjacent to an activating group) is 1. The molecule has 19 heavy (non-hydrogen) atoms. The standard InChI is InChI=1S/C14H28N4O/c1-17(2)10-12-4-3-8-18(12)9-7-13(14(15)19)16-11-5-6-11/h11-13,16H,3-10H2,1-2H3,(H2,15,19). The molecule has 2 aliphatic rings. The normalized spacial score (nSPS) is 25.9. The first-order chi connectivity index (χ1) is 9.06. The summed E-state index contributed by atoms with van der Waals surface area (Å²) in [6.45, 7) is 3.25. The molecule has 0 aromatic heterocycles. The number of carbonyl (C=O) groups is 1. The van der Waals surface area contributed by atoms with Crippen LogP contribution in [0.5, 0.6) is 0 Å². The Balaban J connectivity index is 1.76. The molecular formula is C14H28N4O. The van der Waals surface area contributed by atoms with Gasteiger partial charge in [0.15, 0.2) is 0 Å². The van der Waals surface area contributed by atoms with Crippen LogP contribution in [0.1, 0.15) is 32.1 Å². The molecule has 110 valence electrons. The van der Waals surface area contributed by atoms with Gasteiger partial charge in [-0.3, -0.25) is 9.69 Å². The lowest BCUT2D eigenvalue weighted by Gasteiger charge is -2.28. The van der Waals surface area contributed by atoms with E-state index in [0.717, 1.165) is 26.1 Å². The number of primary amides is 1. The average Bonchev–Trinajstić information content (AvgIpc) is 3.04. The molecule has 1 heterocycles. The molecular weight excluding hydrogens is 240 g/mol. The maximum absolute atomic E-state index is 11.5. The largest absolute Gasteiger partial charge is 0.368 e. The first-order valence-electron chi connectivity index (χ1n) is 7.50. The number of nitrogens with zero attached hydrogens (tertiary/aromatic N) is 2. The van der Waals surface area contributed by atoms with Gasteiger partial charge in [0.1, 0.15) is 0 Å². The van der Waals surface area contributed by atoms with Gasteiger partial charge in [0, 0.05) is 25.2 Å². The van der Waals surface area contributed by atoms with Gasteiger partial charge < -0.3 is 16.0 Å². The van der Waals surface area contributed by atoms with E-state index in [1.807, 2.05) is 0 Å². The Labute approximate surface area is 116 Å². The summed E-state index contributed by atoms with van der Waals surface area (Å²) in [6, 6.07) is 1.03. The molecule has 1 aliphatic carbocycles. The molecule has 1 saturated carbocycles. The second-order valence-electron chi connectivity index (χ2n) is 6.28. The first-order valence-corrected chi connectivity index (χ1v) is 7.50. The highest BCUT2D eigenvalue weighted by molar-refractivity contribution is 5.79. The van der Waals surface area contributed by atoms with E-state index < -0.39 is 0 Å². The summed E-state index contributed by atoms with van der Waals surface area (Å²) < 4.78 is 0. The lowest BCUT2D eigenvalue weighted by atomic mass is 10.1. The third-order valence-electron chi connectivity index (χ3n) is 4.14. The summed E-state index contributed by atoms with van der Waals surface area (Å²) >= 11 is 0. The molecule has 2 atom stereocenters.